The minimum atomic E-state index is -0.877. The fraction of sp³-hybridized carbons (Fsp3) is 0.312. The van der Waals surface area contributed by atoms with Crippen LogP contribution in [0, 0.1) is 11.6 Å². The lowest BCUT2D eigenvalue weighted by atomic mass is 9.99. The molecule has 1 fully saturated rings. The number of hydrogen-bond donors (Lipinski definition) is 1. The van der Waals surface area contributed by atoms with E-state index >= 15 is 0 Å². The molecule has 2 aromatic rings. The third kappa shape index (κ3) is 2.74. The first-order chi connectivity index (χ1) is 10.6. The van der Waals surface area contributed by atoms with Gasteiger partial charge in [0.15, 0.2) is 11.6 Å². The second kappa shape index (κ2) is 5.88. The van der Waals surface area contributed by atoms with Gasteiger partial charge in [0.05, 0.1) is 23.9 Å². The average Bonchev–Trinajstić information content (AvgIpc) is 3.13. The van der Waals surface area contributed by atoms with Crippen molar-refractivity contribution >= 4 is 5.91 Å². The number of amides is 1. The molecule has 2 heterocycles. The van der Waals surface area contributed by atoms with Crippen LogP contribution in [0.1, 0.15) is 28.4 Å². The molecule has 6 heteroatoms. The first-order valence-electron chi connectivity index (χ1n) is 7.04. The van der Waals surface area contributed by atoms with Crippen LogP contribution in [0.3, 0.4) is 0 Å². The van der Waals surface area contributed by atoms with Crippen molar-refractivity contribution in [2.24, 2.45) is 0 Å². The van der Waals surface area contributed by atoms with Crippen LogP contribution in [0.25, 0.3) is 0 Å². The molecule has 4 nitrogen and oxygen atoms in total. The molecule has 0 aliphatic carbocycles. The molecule has 0 spiro atoms. The summed E-state index contributed by atoms with van der Waals surface area (Å²) in [5, 5.41) is 2.94. The maximum Gasteiger partial charge on any atom is 0.254 e. The average molecular weight is 306 g/mol. The number of carbonyl (C=O) groups excluding carboxylic acids is 1. The van der Waals surface area contributed by atoms with E-state index in [1.807, 2.05) is 11.9 Å². The summed E-state index contributed by atoms with van der Waals surface area (Å²) in [6, 6.07) is 5.09. The van der Waals surface area contributed by atoms with Gasteiger partial charge in [0.25, 0.3) is 5.91 Å². The predicted molar refractivity (Wildman–Crippen MR) is 76.3 cm³/mol. The summed E-state index contributed by atoms with van der Waals surface area (Å²) in [7, 11) is 1.90. The molecule has 1 amide bonds. The molecule has 1 aliphatic rings. The lowest BCUT2D eigenvalue weighted by Gasteiger charge is -2.26. The van der Waals surface area contributed by atoms with Crippen molar-refractivity contribution in [1.29, 1.82) is 0 Å². The molecule has 0 saturated carbocycles. The third-order valence-corrected chi connectivity index (χ3v) is 4.03. The number of nitrogens with zero attached hydrogens (tertiary/aromatic N) is 1. The monoisotopic (exact) mass is 306 g/mol. The van der Waals surface area contributed by atoms with Crippen LogP contribution in [-0.2, 0) is 0 Å². The lowest BCUT2D eigenvalue weighted by Crippen LogP contribution is -2.38. The molecular weight excluding hydrogens is 290 g/mol. The van der Waals surface area contributed by atoms with Crippen LogP contribution < -0.4 is 5.32 Å². The topological polar surface area (TPSA) is 45.5 Å². The number of rotatable bonds is 3. The van der Waals surface area contributed by atoms with E-state index in [0.717, 1.165) is 19.0 Å². The highest BCUT2D eigenvalue weighted by Gasteiger charge is 2.34. The van der Waals surface area contributed by atoms with Crippen molar-refractivity contribution in [2.75, 3.05) is 13.6 Å². The molecule has 1 aliphatic heterocycles. The zero-order valence-corrected chi connectivity index (χ0v) is 12.1. The Morgan fingerprint density at radius 1 is 1.32 bits per heavy atom. The van der Waals surface area contributed by atoms with Crippen LogP contribution in [0.15, 0.2) is 41.2 Å². The van der Waals surface area contributed by atoms with Gasteiger partial charge >= 0.3 is 0 Å². The van der Waals surface area contributed by atoms with Crippen molar-refractivity contribution in [3.63, 3.8) is 0 Å². The van der Waals surface area contributed by atoms with Crippen LogP contribution in [0.4, 0.5) is 8.78 Å². The predicted octanol–water partition coefficient (Wildman–Crippen LogP) is 2.73. The van der Waals surface area contributed by atoms with Crippen molar-refractivity contribution in [3.05, 3.63) is 59.6 Å². The van der Waals surface area contributed by atoms with E-state index < -0.39 is 11.6 Å². The van der Waals surface area contributed by atoms with Crippen LogP contribution in [-0.4, -0.2) is 30.4 Å². The standard InChI is InChI=1S/C16H16F2N2O2/c1-20-6-4-14(19-16(21)11-5-7-22-9-11)15(20)10-2-3-12(17)13(18)8-10/h2-3,5,7-9,14-15H,4,6H2,1H3,(H,19,21)/t14-,15+/m1/s1. The summed E-state index contributed by atoms with van der Waals surface area (Å²) in [5.74, 6) is -1.98. The Labute approximate surface area is 126 Å². The summed E-state index contributed by atoms with van der Waals surface area (Å²) in [6.45, 7) is 0.764. The highest BCUT2D eigenvalue weighted by Crippen LogP contribution is 2.31. The number of hydrogen-bond acceptors (Lipinski definition) is 3. The number of benzene rings is 1. The summed E-state index contributed by atoms with van der Waals surface area (Å²) in [5.41, 5.74) is 1.09. The molecule has 1 aromatic heterocycles. The van der Waals surface area contributed by atoms with Crippen LogP contribution >= 0.6 is 0 Å². The summed E-state index contributed by atoms with van der Waals surface area (Å²) < 4.78 is 31.5. The summed E-state index contributed by atoms with van der Waals surface area (Å²) >= 11 is 0. The number of carbonyl (C=O) groups is 1. The van der Waals surface area contributed by atoms with Crippen molar-refractivity contribution in [2.45, 2.75) is 18.5 Å². The minimum Gasteiger partial charge on any atom is -0.472 e. The Kier molecular flexibility index (Phi) is 3.94. The number of nitrogens with one attached hydrogen (secondary N) is 1. The van der Waals surface area contributed by atoms with Gasteiger partial charge < -0.3 is 9.73 Å². The maximum atomic E-state index is 13.5. The fourth-order valence-electron chi connectivity index (χ4n) is 2.93. The van der Waals surface area contributed by atoms with E-state index in [4.69, 9.17) is 4.42 Å². The summed E-state index contributed by atoms with van der Waals surface area (Å²) in [6.07, 6.45) is 3.55. The first kappa shape index (κ1) is 14.7. The quantitative estimate of drug-likeness (QED) is 0.948. The second-order valence-electron chi connectivity index (χ2n) is 5.48. The maximum absolute atomic E-state index is 13.5. The van der Waals surface area contributed by atoms with Gasteiger partial charge in [-0.25, -0.2) is 8.78 Å². The Morgan fingerprint density at radius 2 is 2.14 bits per heavy atom. The zero-order chi connectivity index (χ0) is 15.7. The molecule has 2 atom stereocenters. The van der Waals surface area contributed by atoms with E-state index in [2.05, 4.69) is 5.32 Å². The molecule has 22 heavy (non-hydrogen) atoms. The number of furan rings is 1. The number of likely N-dealkylation sites (N-methyl/N-ethyl adjacent to an activating group) is 1. The highest BCUT2D eigenvalue weighted by molar-refractivity contribution is 5.94. The van der Waals surface area contributed by atoms with Gasteiger partial charge in [0.2, 0.25) is 0 Å². The highest BCUT2D eigenvalue weighted by atomic mass is 19.2. The van der Waals surface area contributed by atoms with Gasteiger partial charge in [-0.1, -0.05) is 6.07 Å². The largest absolute Gasteiger partial charge is 0.472 e. The molecule has 116 valence electrons. The molecule has 3 rings (SSSR count). The van der Waals surface area contributed by atoms with Crippen LogP contribution in [0.2, 0.25) is 0 Å². The smallest absolute Gasteiger partial charge is 0.254 e. The molecular formula is C16H16F2N2O2. The van der Waals surface area contributed by atoms with E-state index in [-0.39, 0.29) is 18.0 Å². The molecule has 1 aromatic carbocycles. The summed E-state index contributed by atoms with van der Waals surface area (Å²) in [4.78, 5) is 14.2. The van der Waals surface area contributed by atoms with E-state index in [1.165, 1.54) is 18.6 Å². The molecule has 0 bridgehead atoms. The second-order valence-corrected chi connectivity index (χ2v) is 5.48. The number of halogens is 2. The van der Waals surface area contributed by atoms with Gasteiger partial charge in [0, 0.05) is 6.54 Å². The van der Waals surface area contributed by atoms with Gasteiger partial charge in [-0.3, -0.25) is 9.69 Å². The van der Waals surface area contributed by atoms with E-state index in [9.17, 15) is 13.6 Å². The first-order valence-corrected chi connectivity index (χ1v) is 7.04. The SMILES string of the molecule is CN1CC[C@@H](NC(=O)c2ccoc2)[C@@H]1c1ccc(F)c(F)c1. The van der Waals surface area contributed by atoms with Gasteiger partial charge in [-0.05, 0) is 37.2 Å². The molecule has 0 radical (unpaired) electrons. The third-order valence-electron chi connectivity index (χ3n) is 4.03. The minimum absolute atomic E-state index is 0.169. The molecule has 1 N–H and O–H groups in total. The van der Waals surface area contributed by atoms with Crippen LogP contribution in [0.5, 0.6) is 0 Å². The normalized spacial score (nSPS) is 22.0. The van der Waals surface area contributed by atoms with Gasteiger partial charge in [0.1, 0.15) is 6.26 Å². The lowest BCUT2D eigenvalue weighted by molar-refractivity contribution is 0.0927. The number of likely N-dealkylation sites (tertiary alicyclic amines) is 1. The molecule has 1 saturated heterocycles. The Bertz CT molecular complexity index is 673. The zero-order valence-electron chi connectivity index (χ0n) is 12.1. The Balaban J connectivity index is 1.81. The van der Waals surface area contributed by atoms with Crippen molar-refractivity contribution in [3.8, 4) is 0 Å². The Hall–Kier alpha value is -2.21. The fourth-order valence-corrected chi connectivity index (χ4v) is 2.93. The molecule has 0 unspecified atom stereocenters. The van der Waals surface area contributed by atoms with Gasteiger partial charge in [-0.2, -0.15) is 0 Å². The van der Waals surface area contributed by atoms with Gasteiger partial charge in [-0.15, -0.1) is 0 Å². The van der Waals surface area contributed by atoms with E-state index in [0.29, 0.717) is 11.1 Å². The van der Waals surface area contributed by atoms with Crippen molar-refractivity contribution < 1.29 is 18.0 Å². The van der Waals surface area contributed by atoms with Crippen molar-refractivity contribution in [1.82, 2.24) is 10.2 Å². The van der Waals surface area contributed by atoms with E-state index in [1.54, 1.807) is 12.1 Å². The Morgan fingerprint density at radius 3 is 2.82 bits per heavy atom.